The van der Waals surface area contributed by atoms with Crippen molar-refractivity contribution in [2.24, 2.45) is 0 Å². The standard InChI is InChI=1S/C27H29NO3S/c1-3-22(15-27(29)30)23-7-9-25(10-8-23)31-18-21-6-4-5-20(14-21)16-28-12-11-26-24(17-28)13-19(2)32-26/h3-10,13-14,22H,1,11-12,15-18H2,2H3,(H,29,30)/t22-/m0/s1. The van der Waals surface area contributed by atoms with Crippen LogP contribution in [0.25, 0.3) is 0 Å². The third-order valence-electron chi connectivity index (χ3n) is 5.86. The van der Waals surface area contributed by atoms with Crippen molar-refractivity contribution >= 4 is 17.3 Å². The SMILES string of the molecule is C=C[C@@H](CC(=O)O)c1ccc(OCc2cccc(CN3CCc4sc(C)cc4C3)c2)cc1. The Labute approximate surface area is 193 Å². The highest BCUT2D eigenvalue weighted by atomic mass is 32.1. The molecule has 1 N–H and O–H groups in total. The Balaban J connectivity index is 1.33. The summed E-state index contributed by atoms with van der Waals surface area (Å²) in [4.78, 5) is 16.5. The zero-order valence-electron chi connectivity index (χ0n) is 18.4. The Morgan fingerprint density at radius 1 is 1.22 bits per heavy atom. The van der Waals surface area contributed by atoms with E-state index in [9.17, 15) is 4.79 Å². The third-order valence-corrected chi connectivity index (χ3v) is 7.01. The Morgan fingerprint density at radius 2 is 2.00 bits per heavy atom. The molecule has 1 aliphatic heterocycles. The number of hydrogen-bond donors (Lipinski definition) is 1. The van der Waals surface area contributed by atoms with Crippen LogP contribution in [0.1, 0.15) is 44.3 Å². The van der Waals surface area contributed by atoms with Crippen LogP contribution in [-0.4, -0.2) is 22.5 Å². The largest absolute Gasteiger partial charge is 0.489 e. The minimum atomic E-state index is -0.828. The topological polar surface area (TPSA) is 49.8 Å². The fourth-order valence-corrected chi connectivity index (χ4v) is 5.29. The zero-order valence-corrected chi connectivity index (χ0v) is 19.2. The Morgan fingerprint density at radius 3 is 2.75 bits per heavy atom. The molecule has 2 heterocycles. The van der Waals surface area contributed by atoms with Gasteiger partial charge >= 0.3 is 5.97 Å². The molecule has 0 bridgehead atoms. The summed E-state index contributed by atoms with van der Waals surface area (Å²) in [5.41, 5.74) is 4.87. The van der Waals surface area contributed by atoms with Gasteiger partial charge in [0.25, 0.3) is 0 Å². The number of aryl methyl sites for hydroxylation is 1. The van der Waals surface area contributed by atoms with E-state index in [2.05, 4.69) is 48.7 Å². The summed E-state index contributed by atoms with van der Waals surface area (Å²) in [6, 6.07) is 18.6. The molecule has 1 atom stereocenters. The van der Waals surface area contributed by atoms with Gasteiger partial charge in [0.05, 0.1) is 6.42 Å². The maximum Gasteiger partial charge on any atom is 0.304 e. The number of thiophene rings is 1. The number of hydrogen-bond acceptors (Lipinski definition) is 4. The highest BCUT2D eigenvalue weighted by molar-refractivity contribution is 7.12. The number of carbonyl (C=O) groups is 1. The number of fused-ring (bicyclic) bond motifs is 1. The number of benzene rings is 2. The fraction of sp³-hybridized carbons (Fsp3) is 0.296. The Bertz CT molecular complexity index is 1090. The highest BCUT2D eigenvalue weighted by Gasteiger charge is 2.18. The molecule has 0 saturated carbocycles. The Hall–Kier alpha value is -2.89. The molecule has 3 aromatic rings. The van der Waals surface area contributed by atoms with Crippen LogP contribution >= 0.6 is 11.3 Å². The third kappa shape index (κ3) is 5.67. The predicted molar refractivity (Wildman–Crippen MR) is 129 cm³/mol. The second-order valence-corrected chi connectivity index (χ2v) is 9.72. The van der Waals surface area contributed by atoms with Crippen LogP contribution in [-0.2, 0) is 30.9 Å². The average Bonchev–Trinajstić information content (AvgIpc) is 3.16. The molecule has 0 fully saturated rings. The van der Waals surface area contributed by atoms with Gasteiger partial charge in [0, 0.05) is 35.3 Å². The maximum absolute atomic E-state index is 11.0. The van der Waals surface area contributed by atoms with E-state index in [1.165, 1.54) is 16.0 Å². The van der Waals surface area contributed by atoms with E-state index in [1.54, 1.807) is 11.0 Å². The number of ether oxygens (including phenoxy) is 1. The molecule has 166 valence electrons. The van der Waals surface area contributed by atoms with Gasteiger partial charge in [-0.2, -0.15) is 0 Å². The van der Waals surface area contributed by atoms with Gasteiger partial charge in [0.2, 0.25) is 0 Å². The summed E-state index contributed by atoms with van der Waals surface area (Å²) in [6.45, 7) is 9.53. The lowest BCUT2D eigenvalue weighted by atomic mass is 9.96. The van der Waals surface area contributed by atoms with Crippen LogP contribution in [0.2, 0.25) is 0 Å². The first-order valence-electron chi connectivity index (χ1n) is 11.0. The first-order chi connectivity index (χ1) is 15.5. The number of aliphatic carboxylic acids is 1. The first-order valence-corrected chi connectivity index (χ1v) is 11.8. The van der Waals surface area contributed by atoms with E-state index >= 15 is 0 Å². The quantitative estimate of drug-likeness (QED) is 0.413. The predicted octanol–water partition coefficient (Wildman–Crippen LogP) is 5.94. The smallest absolute Gasteiger partial charge is 0.304 e. The molecule has 32 heavy (non-hydrogen) atoms. The van der Waals surface area contributed by atoms with Gasteiger partial charge in [0.1, 0.15) is 12.4 Å². The summed E-state index contributed by atoms with van der Waals surface area (Å²) in [6.07, 6.45) is 2.87. The van der Waals surface area contributed by atoms with E-state index in [-0.39, 0.29) is 12.3 Å². The highest BCUT2D eigenvalue weighted by Crippen LogP contribution is 2.28. The van der Waals surface area contributed by atoms with Crippen LogP contribution in [0, 0.1) is 6.92 Å². The van der Waals surface area contributed by atoms with Gasteiger partial charge in [-0.3, -0.25) is 9.69 Å². The van der Waals surface area contributed by atoms with Crippen LogP contribution in [0.15, 0.2) is 67.3 Å². The minimum Gasteiger partial charge on any atom is -0.489 e. The summed E-state index contributed by atoms with van der Waals surface area (Å²) in [7, 11) is 0. The number of nitrogens with zero attached hydrogens (tertiary/aromatic N) is 1. The lowest BCUT2D eigenvalue weighted by Crippen LogP contribution is -2.29. The van der Waals surface area contributed by atoms with Crippen LogP contribution in [0.5, 0.6) is 5.75 Å². The normalized spacial score (nSPS) is 14.5. The molecule has 4 rings (SSSR count). The molecule has 0 amide bonds. The molecule has 2 aromatic carbocycles. The first kappa shape index (κ1) is 22.3. The molecule has 0 unspecified atom stereocenters. The van der Waals surface area contributed by atoms with Crippen molar-refractivity contribution in [2.75, 3.05) is 6.54 Å². The van der Waals surface area contributed by atoms with Gasteiger partial charge in [-0.05, 0) is 53.8 Å². The van der Waals surface area contributed by atoms with E-state index in [0.29, 0.717) is 6.61 Å². The van der Waals surface area contributed by atoms with E-state index in [0.717, 1.165) is 42.9 Å². The van der Waals surface area contributed by atoms with Crippen molar-refractivity contribution in [1.29, 1.82) is 0 Å². The van der Waals surface area contributed by atoms with E-state index < -0.39 is 5.97 Å². The van der Waals surface area contributed by atoms with Crippen molar-refractivity contribution in [2.45, 2.75) is 45.4 Å². The lowest BCUT2D eigenvalue weighted by molar-refractivity contribution is -0.137. The van der Waals surface area contributed by atoms with Crippen molar-refractivity contribution in [3.63, 3.8) is 0 Å². The zero-order chi connectivity index (χ0) is 22.5. The molecule has 0 saturated heterocycles. The number of carboxylic acids is 1. The minimum absolute atomic E-state index is 0.0425. The van der Waals surface area contributed by atoms with E-state index in [4.69, 9.17) is 9.84 Å². The van der Waals surface area contributed by atoms with Crippen LogP contribution in [0.4, 0.5) is 0 Å². The fourth-order valence-electron chi connectivity index (χ4n) is 4.25. The second kappa shape index (κ2) is 10.2. The van der Waals surface area contributed by atoms with Gasteiger partial charge in [-0.25, -0.2) is 0 Å². The molecular weight excluding hydrogens is 418 g/mol. The van der Waals surface area contributed by atoms with Gasteiger partial charge in [-0.15, -0.1) is 17.9 Å². The van der Waals surface area contributed by atoms with Gasteiger partial charge in [0.15, 0.2) is 0 Å². The van der Waals surface area contributed by atoms with Crippen LogP contribution < -0.4 is 4.74 Å². The molecule has 0 radical (unpaired) electrons. The molecule has 1 aliphatic rings. The van der Waals surface area contributed by atoms with Crippen LogP contribution in [0.3, 0.4) is 0 Å². The van der Waals surface area contributed by atoms with Crippen molar-refractivity contribution in [1.82, 2.24) is 4.90 Å². The maximum atomic E-state index is 11.0. The van der Waals surface area contributed by atoms with Gasteiger partial charge in [-0.1, -0.05) is 42.5 Å². The van der Waals surface area contributed by atoms with Gasteiger partial charge < -0.3 is 9.84 Å². The summed E-state index contributed by atoms with van der Waals surface area (Å²) in [5.74, 6) is -0.249. The Kier molecular flexibility index (Phi) is 7.08. The summed E-state index contributed by atoms with van der Waals surface area (Å²) >= 11 is 1.94. The molecule has 0 aliphatic carbocycles. The van der Waals surface area contributed by atoms with Crippen molar-refractivity contribution < 1.29 is 14.6 Å². The van der Waals surface area contributed by atoms with Crippen molar-refractivity contribution in [3.8, 4) is 5.75 Å². The molecular formula is C27H29NO3S. The number of rotatable bonds is 9. The second-order valence-electron chi connectivity index (χ2n) is 8.38. The van der Waals surface area contributed by atoms with E-state index in [1.807, 2.05) is 35.6 Å². The molecule has 4 nitrogen and oxygen atoms in total. The molecule has 1 aromatic heterocycles. The van der Waals surface area contributed by atoms with Crippen molar-refractivity contribution in [3.05, 3.63) is 99.3 Å². The lowest BCUT2D eigenvalue weighted by Gasteiger charge is -2.27. The summed E-state index contributed by atoms with van der Waals surface area (Å²) in [5, 5.41) is 9.04. The number of carboxylic acid groups (broad SMARTS) is 1. The molecule has 0 spiro atoms. The average molecular weight is 448 g/mol. The number of allylic oxidation sites excluding steroid dienone is 1. The monoisotopic (exact) mass is 447 g/mol. The summed E-state index contributed by atoms with van der Waals surface area (Å²) < 4.78 is 5.98. The molecule has 5 heteroatoms.